The predicted molar refractivity (Wildman–Crippen MR) is 127 cm³/mol. The number of methoxy groups -OCH3 is 2. The molecule has 1 fully saturated rings. The Labute approximate surface area is 195 Å². The number of aromatic nitrogens is 3. The van der Waals surface area contributed by atoms with Gasteiger partial charge in [-0.2, -0.15) is 4.98 Å². The topological polar surface area (TPSA) is 82.6 Å². The van der Waals surface area contributed by atoms with Crippen molar-refractivity contribution in [2.45, 2.75) is 19.3 Å². The van der Waals surface area contributed by atoms with Crippen LogP contribution in [0.5, 0.6) is 11.5 Å². The summed E-state index contributed by atoms with van der Waals surface area (Å²) in [5.74, 6) is 1.04. The first kappa shape index (κ1) is 21.9. The van der Waals surface area contributed by atoms with Crippen LogP contribution >= 0.6 is 0 Å². The molecule has 34 heavy (non-hydrogen) atoms. The van der Waals surface area contributed by atoms with Gasteiger partial charge in [0.2, 0.25) is 11.3 Å². The van der Waals surface area contributed by atoms with E-state index in [0.29, 0.717) is 28.3 Å². The monoisotopic (exact) mass is 464 g/mol. The number of fused-ring (bicyclic) bond motifs is 1. The van der Waals surface area contributed by atoms with Crippen LogP contribution in [0.25, 0.3) is 33.7 Å². The van der Waals surface area contributed by atoms with Gasteiger partial charge < -0.3 is 23.5 Å². The smallest absolute Gasteiger partial charge is 0.263 e. The number of ether oxygens (including phenoxy) is 2. The number of hydrogen-bond donors (Lipinski definition) is 0. The van der Waals surface area contributed by atoms with Gasteiger partial charge in [-0.1, -0.05) is 5.16 Å². The van der Waals surface area contributed by atoms with Crippen LogP contribution < -0.4 is 19.8 Å². The summed E-state index contributed by atoms with van der Waals surface area (Å²) < 4.78 is 32.9. The molecule has 0 N–H and O–H groups in total. The van der Waals surface area contributed by atoms with Crippen molar-refractivity contribution in [3.63, 3.8) is 0 Å². The first-order valence-corrected chi connectivity index (χ1v) is 11.1. The second kappa shape index (κ2) is 8.81. The lowest BCUT2D eigenvalue weighted by Gasteiger charge is -2.29. The highest BCUT2D eigenvalue weighted by atomic mass is 19.1. The summed E-state index contributed by atoms with van der Waals surface area (Å²) in [6.07, 6.45) is 4.87. The Hall–Kier alpha value is -3.88. The summed E-state index contributed by atoms with van der Waals surface area (Å²) in [5.41, 5.74) is 1.60. The van der Waals surface area contributed by atoms with Gasteiger partial charge in [-0.05, 0) is 43.5 Å². The Morgan fingerprint density at radius 3 is 2.56 bits per heavy atom. The maximum absolute atomic E-state index is 15.1. The molecule has 1 aliphatic rings. The van der Waals surface area contributed by atoms with Gasteiger partial charge in [0.15, 0.2) is 0 Å². The number of anilines is 1. The van der Waals surface area contributed by atoms with Crippen LogP contribution in [-0.2, 0) is 7.05 Å². The minimum atomic E-state index is -0.405. The molecule has 0 radical (unpaired) electrons. The highest BCUT2D eigenvalue weighted by molar-refractivity contribution is 5.86. The van der Waals surface area contributed by atoms with Crippen molar-refractivity contribution in [1.82, 2.24) is 14.7 Å². The van der Waals surface area contributed by atoms with Crippen LogP contribution in [0.15, 0.2) is 45.8 Å². The third-order valence-electron chi connectivity index (χ3n) is 6.26. The van der Waals surface area contributed by atoms with E-state index in [9.17, 15) is 4.79 Å². The average Bonchev–Trinajstić information content (AvgIpc) is 3.35. The number of hydrogen-bond acceptors (Lipinski definition) is 7. The van der Waals surface area contributed by atoms with E-state index < -0.39 is 5.82 Å². The Morgan fingerprint density at radius 1 is 1.03 bits per heavy atom. The highest BCUT2D eigenvalue weighted by Gasteiger charge is 2.21. The zero-order valence-corrected chi connectivity index (χ0v) is 19.3. The van der Waals surface area contributed by atoms with E-state index in [1.807, 2.05) is 11.9 Å². The Balaban J connectivity index is 1.57. The first-order valence-electron chi connectivity index (χ1n) is 11.1. The molecular formula is C25H25FN4O4. The fourth-order valence-corrected chi connectivity index (χ4v) is 4.45. The molecule has 0 unspecified atom stereocenters. The number of aryl methyl sites for hydroxylation is 1. The van der Waals surface area contributed by atoms with E-state index in [1.165, 1.54) is 13.2 Å². The molecular weight excluding hydrogens is 439 g/mol. The molecule has 0 saturated carbocycles. The third kappa shape index (κ3) is 3.76. The lowest BCUT2D eigenvalue weighted by molar-refractivity contribution is 0.394. The van der Waals surface area contributed by atoms with Gasteiger partial charge in [0.05, 0.1) is 31.0 Å². The molecule has 0 spiro atoms. The van der Waals surface area contributed by atoms with Gasteiger partial charge in [0.25, 0.3) is 5.89 Å². The molecule has 0 bridgehead atoms. The number of rotatable bonds is 5. The second-order valence-corrected chi connectivity index (χ2v) is 8.34. The van der Waals surface area contributed by atoms with E-state index in [0.717, 1.165) is 32.4 Å². The Morgan fingerprint density at radius 2 is 1.82 bits per heavy atom. The molecule has 2 aromatic carbocycles. The highest BCUT2D eigenvalue weighted by Crippen LogP contribution is 2.33. The number of piperidine rings is 1. The van der Waals surface area contributed by atoms with E-state index in [-0.39, 0.29) is 28.1 Å². The summed E-state index contributed by atoms with van der Waals surface area (Å²) in [6, 6.07) is 8.29. The van der Waals surface area contributed by atoms with Gasteiger partial charge in [-0.15, -0.1) is 0 Å². The third-order valence-corrected chi connectivity index (χ3v) is 6.26. The van der Waals surface area contributed by atoms with E-state index in [1.54, 1.807) is 42.1 Å². The molecule has 4 aromatic rings. The van der Waals surface area contributed by atoms with Crippen molar-refractivity contribution in [3.05, 3.63) is 52.6 Å². The number of benzene rings is 2. The van der Waals surface area contributed by atoms with Gasteiger partial charge >= 0.3 is 0 Å². The van der Waals surface area contributed by atoms with Gasteiger partial charge in [0.1, 0.15) is 22.9 Å². The van der Waals surface area contributed by atoms with Crippen molar-refractivity contribution >= 4 is 16.6 Å². The zero-order valence-electron chi connectivity index (χ0n) is 19.3. The van der Waals surface area contributed by atoms with Crippen LogP contribution in [0.3, 0.4) is 0 Å². The predicted octanol–water partition coefficient (Wildman–Crippen LogP) is 4.40. The minimum absolute atomic E-state index is 0.0517. The molecule has 9 heteroatoms. The van der Waals surface area contributed by atoms with Gasteiger partial charge in [-0.3, -0.25) is 4.79 Å². The van der Waals surface area contributed by atoms with Crippen molar-refractivity contribution in [2.75, 3.05) is 32.2 Å². The second-order valence-electron chi connectivity index (χ2n) is 8.34. The summed E-state index contributed by atoms with van der Waals surface area (Å²) in [4.78, 5) is 19.8. The zero-order chi connectivity index (χ0) is 23.8. The standard InChI is InChI=1S/C25H25FN4O4/c1-29-14-18(25-27-24(28-34-25)16-8-7-15(32-2)11-22(16)33-3)23(31)17-12-19(26)21(13-20(17)29)30-9-5-4-6-10-30/h7-8,11-14H,4-6,9-10H2,1-3H3. The molecule has 0 aliphatic carbocycles. The van der Waals surface area contributed by atoms with Crippen molar-refractivity contribution < 1.29 is 18.4 Å². The molecule has 5 rings (SSSR count). The minimum Gasteiger partial charge on any atom is -0.497 e. The van der Waals surface area contributed by atoms with Crippen LogP contribution in [0, 0.1) is 5.82 Å². The number of pyridine rings is 1. The Bertz CT molecular complexity index is 1420. The lowest BCUT2D eigenvalue weighted by Crippen LogP contribution is -2.30. The number of nitrogens with zero attached hydrogens (tertiary/aromatic N) is 4. The molecule has 8 nitrogen and oxygen atoms in total. The molecule has 3 heterocycles. The van der Waals surface area contributed by atoms with Gasteiger partial charge in [-0.25, -0.2) is 4.39 Å². The summed E-state index contributed by atoms with van der Waals surface area (Å²) in [7, 11) is 4.91. The summed E-state index contributed by atoms with van der Waals surface area (Å²) in [6.45, 7) is 1.63. The summed E-state index contributed by atoms with van der Waals surface area (Å²) in [5, 5.41) is 4.30. The average molecular weight is 464 g/mol. The largest absolute Gasteiger partial charge is 0.497 e. The lowest BCUT2D eigenvalue weighted by atomic mass is 10.1. The van der Waals surface area contributed by atoms with Crippen molar-refractivity contribution in [2.24, 2.45) is 7.05 Å². The normalized spacial score (nSPS) is 13.9. The summed E-state index contributed by atoms with van der Waals surface area (Å²) >= 11 is 0. The van der Waals surface area contributed by atoms with Crippen molar-refractivity contribution in [1.29, 1.82) is 0 Å². The maximum atomic E-state index is 15.1. The molecule has 0 amide bonds. The SMILES string of the molecule is COc1ccc(-c2noc(-c3cn(C)c4cc(N5CCCCC5)c(F)cc4c3=O)n2)c(OC)c1. The Kier molecular flexibility index (Phi) is 5.69. The first-order chi connectivity index (χ1) is 16.5. The number of halogens is 1. The van der Waals surface area contributed by atoms with Crippen LogP contribution in [0.2, 0.25) is 0 Å². The van der Waals surface area contributed by atoms with Crippen LogP contribution in [-0.4, -0.2) is 42.0 Å². The van der Waals surface area contributed by atoms with Crippen LogP contribution in [0.4, 0.5) is 10.1 Å². The van der Waals surface area contributed by atoms with E-state index in [2.05, 4.69) is 10.1 Å². The molecule has 0 atom stereocenters. The van der Waals surface area contributed by atoms with E-state index >= 15 is 4.39 Å². The van der Waals surface area contributed by atoms with Crippen LogP contribution in [0.1, 0.15) is 19.3 Å². The molecule has 176 valence electrons. The van der Waals surface area contributed by atoms with Gasteiger partial charge in [0, 0.05) is 37.8 Å². The maximum Gasteiger partial charge on any atom is 0.263 e. The molecule has 1 aliphatic heterocycles. The molecule has 2 aromatic heterocycles. The van der Waals surface area contributed by atoms with E-state index in [4.69, 9.17) is 14.0 Å². The fraction of sp³-hybridized carbons (Fsp3) is 0.320. The van der Waals surface area contributed by atoms with Crippen molar-refractivity contribution in [3.8, 4) is 34.3 Å². The molecule has 1 saturated heterocycles. The fourth-order valence-electron chi connectivity index (χ4n) is 4.45. The quantitative estimate of drug-likeness (QED) is 0.433.